The van der Waals surface area contributed by atoms with Gasteiger partial charge in [-0.2, -0.15) is 0 Å². The van der Waals surface area contributed by atoms with Crippen LogP contribution >= 0.6 is 11.3 Å². The number of aromatic nitrogens is 1. The number of carbonyl (C=O) groups excluding carboxylic acids is 1. The van der Waals surface area contributed by atoms with Gasteiger partial charge in [0.15, 0.2) is 0 Å². The highest BCUT2D eigenvalue weighted by Crippen LogP contribution is 2.07. The third-order valence-electron chi connectivity index (χ3n) is 2.07. The van der Waals surface area contributed by atoms with Gasteiger partial charge in [0, 0.05) is 36.6 Å². The van der Waals surface area contributed by atoms with Crippen molar-refractivity contribution in [2.75, 3.05) is 13.1 Å². The van der Waals surface area contributed by atoms with Crippen molar-refractivity contribution in [1.82, 2.24) is 15.6 Å². The molecule has 0 aliphatic heterocycles. The lowest BCUT2D eigenvalue weighted by Crippen LogP contribution is -2.34. The van der Waals surface area contributed by atoms with Gasteiger partial charge in [0.2, 0.25) is 5.91 Å². The number of aryl methyl sites for hydroxylation is 1. The first-order valence-corrected chi connectivity index (χ1v) is 6.37. The van der Waals surface area contributed by atoms with Crippen molar-refractivity contribution in [3.63, 3.8) is 0 Å². The number of nitrogens with zero attached hydrogens (tertiary/aromatic N) is 1. The van der Waals surface area contributed by atoms with Gasteiger partial charge < -0.3 is 10.6 Å². The monoisotopic (exact) mass is 241 g/mol. The number of amides is 1. The largest absolute Gasteiger partial charge is 0.355 e. The van der Waals surface area contributed by atoms with E-state index < -0.39 is 0 Å². The lowest BCUT2D eigenvalue weighted by Gasteiger charge is -2.07. The number of thiazole rings is 1. The van der Waals surface area contributed by atoms with Gasteiger partial charge in [0.25, 0.3) is 0 Å². The summed E-state index contributed by atoms with van der Waals surface area (Å²) in [7, 11) is 0. The van der Waals surface area contributed by atoms with Gasteiger partial charge in [-0.05, 0) is 6.92 Å². The topological polar surface area (TPSA) is 54.0 Å². The van der Waals surface area contributed by atoms with E-state index >= 15 is 0 Å². The molecule has 1 amide bonds. The second-order valence-corrected chi connectivity index (χ2v) is 4.95. The molecule has 1 rings (SSSR count). The second kappa shape index (κ2) is 6.60. The fraction of sp³-hybridized carbons (Fsp3) is 0.636. The van der Waals surface area contributed by atoms with Crippen LogP contribution in [-0.4, -0.2) is 24.0 Å². The Kier molecular flexibility index (Phi) is 5.42. The molecule has 0 fully saturated rings. The summed E-state index contributed by atoms with van der Waals surface area (Å²) in [5.74, 6) is 0.161. The van der Waals surface area contributed by atoms with Crippen LogP contribution in [0.2, 0.25) is 0 Å². The SMILES string of the molecule is Cc1csc(CNCCNC(=O)C(C)C)n1. The smallest absolute Gasteiger partial charge is 0.222 e. The highest BCUT2D eigenvalue weighted by molar-refractivity contribution is 7.09. The molecule has 0 aliphatic carbocycles. The molecule has 0 aliphatic rings. The van der Waals surface area contributed by atoms with Gasteiger partial charge in [-0.1, -0.05) is 13.8 Å². The van der Waals surface area contributed by atoms with Crippen LogP contribution in [0.4, 0.5) is 0 Å². The Balaban J connectivity index is 2.06. The molecule has 0 saturated heterocycles. The minimum absolute atomic E-state index is 0.0570. The predicted molar refractivity (Wildman–Crippen MR) is 66.4 cm³/mol. The van der Waals surface area contributed by atoms with Gasteiger partial charge in [-0.15, -0.1) is 11.3 Å². The van der Waals surface area contributed by atoms with Crippen LogP contribution in [0.15, 0.2) is 5.38 Å². The van der Waals surface area contributed by atoms with Crippen LogP contribution in [0.25, 0.3) is 0 Å². The van der Waals surface area contributed by atoms with E-state index in [2.05, 4.69) is 15.6 Å². The fourth-order valence-electron chi connectivity index (χ4n) is 1.16. The molecule has 0 unspecified atom stereocenters. The van der Waals surface area contributed by atoms with Gasteiger partial charge in [0.05, 0.1) is 0 Å². The Morgan fingerprint density at radius 2 is 2.25 bits per heavy atom. The maximum atomic E-state index is 11.2. The number of nitrogens with one attached hydrogen (secondary N) is 2. The van der Waals surface area contributed by atoms with E-state index in [4.69, 9.17) is 0 Å². The molecule has 2 N–H and O–H groups in total. The third kappa shape index (κ3) is 4.72. The zero-order valence-corrected chi connectivity index (χ0v) is 10.9. The minimum Gasteiger partial charge on any atom is -0.355 e. The van der Waals surface area contributed by atoms with E-state index in [-0.39, 0.29) is 11.8 Å². The van der Waals surface area contributed by atoms with E-state index in [1.807, 2.05) is 26.2 Å². The molecule has 0 saturated carbocycles. The van der Waals surface area contributed by atoms with Crippen LogP contribution in [0.1, 0.15) is 24.5 Å². The first-order chi connectivity index (χ1) is 7.59. The summed E-state index contributed by atoms with van der Waals surface area (Å²) in [4.78, 5) is 15.6. The standard InChI is InChI=1S/C11H19N3OS/c1-8(2)11(15)13-5-4-12-6-10-14-9(3)7-16-10/h7-8,12H,4-6H2,1-3H3,(H,13,15). The van der Waals surface area contributed by atoms with Crippen molar-refractivity contribution in [2.24, 2.45) is 5.92 Å². The summed E-state index contributed by atoms with van der Waals surface area (Å²) in [5.41, 5.74) is 1.06. The van der Waals surface area contributed by atoms with E-state index in [1.54, 1.807) is 11.3 Å². The predicted octanol–water partition coefficient (Wildman–Crippen LogP) is 1.31. The van der Waals surface area contributed by atoms with Crippen LogP contribution < -0.4 is 10.6 Å². The fourth-order valence-corrected chi connectivity index (χ4v) is 1.90. The first-order valence-electron chi connectivity index (χ1n) is 5.49. The highest BCUT2D eigenvalue weighted by atomic mass is 32.1. The molecule has 5 heteroatoms. The summed E-state index contributed by atoms with van der Waals surface area (Å²) >= 11 is 1.66. The molecule has 0 atom stereocenters. The van der Waals surface area contributed by atoms with E-state index in [0.717, 1.165) is 23.8 Å². The third-order valence-corrected chi connectivity index (χ3v) is 3.03. The van der Waals surface area contributed by atoms with Gasteiger partial charge in [-0.3, -0.25) is 4.79 Å². The molecule has 0 bridgehead atoms. The summed E-state index contributed by atoms with van der Waals surface area (Å²) in [5, 5.41) is 9.23. The van der Waals surface area contributed by atoms with Crippen molar-refractivity contribution in [1.29, 1.82) is 0 Å². The highest BCUT2D eigenvalue weighted by Gasteiger charge is 2.04. The molecule has 0 aromatic carbocycles. The van der Waals surface area contributed by atoms with Gasteiger partial charge >= 0.3 is 0 Å². The number of hydrogen-bond donors (Lipinski definition) is 2. The van der Waals surface area contributed by atoms with Crippen molar-refractivity contribution in [3.05, 3.63) is 16.1 Å². The van der Waals surface area contributed by atoms with Crippen LogP contribution in [0, 0.1) is 12.8 Å². The van der Waals surface area contributed by atoms with E-state index in [1.165, 1.54) is 0 Å². The maximum absolute atomic E-state index is 11.2. The molecule has 1 aromatic heterocycles. The number of hydrogen-bond acceptors (Lipinski definition) is 4. The number of carbonyl (C=O) groups is 1. The molecular weight excluding hydrogens is 222 g/mol. The zero-order chi connectivity index (χ0) is 12.0. The van der Waals surface area contributed by atoms with Crippen LogP contribution in [0.5, 0.6) is 0 Å². The Labute approximate surface area is 100 Å². The summed E-state index contributed by atoms with van der Waals surface area (Å²) < 4.78 is 0. The minimum atomic E-state index is 0.0570. The molecule has 90 valence electrons. The molecule has 1 aromatic rings. The second-order valence-electron chi connectivity index (χ2n) is 4.01. The molecule has 0 radical (unpaired) electrons. The molecule has 4 nitrogen and oxygen atoms in total. The lowest BCUT2D eigenvalue weighted by atomic mass is 10.2. The Morgan fingerprint density at radius 3 is 2.81 bits per heavy atom. The van der Waals surface area contributed by atoms with Gasteiger partial charge in [0.1, 0.15) is 5.01 Å². The Morgan fingerprint density at radius 1 is 1.50 bits per heavy atom. The van der Waals surface area contributed by atoms with E-state index in [0.29, 0.717) is 6.54 Å². The van der Waals surface area contributed by atoms with Crippen molar-refractivity contribution < 1.29 is 4.79 Å². The summed E-state index contributed by atoms with van der Waals surface area (Å²) in [6.07, 6.45) is 0. The normalized spacial score (nSPS) is 10.8. The Hall–Kier alpha value is -0.940. The van der Waals surface area contributed by atoms with Crippen molar-refractivity contribution >= 4 is 17.2 Å². The molecule has 16 heavy (non-hydrogen) atoms. The van der Waals surface area contributed by atoms with Crippen LogP contribution in [0.3, 0.4) is 0 Å². The van der Waals surface area contributed by atoms with Crippen LogP contribution in [-0.2, 0) is 11.3 Å². The summed E-state index contributed by atoms with van der Waals surface area (Å²) in [6.45, 7) is 7.99. The summed E-state index contributed by atoms with van der Waals surface area (Å²) in [6, 6.07) is 0. The lowest BCUT2D eigenvalue weighted by molar-refractivity contribution is -0.123. The van der Waals surface area contributed by atoms with E-state index in [9.17, 15) is 4.79 Å². The quantitative estimate of drug-likeness (QED) is 0.738. The number of rotatable bonds is 6. The molecule has 0 spiro atoms. The van der Waals surface area contributed by atoms with Crippen molar-refractivity contribution in [3.8, 4) is 0 Å². The average Bonchev–Trinajstić information content (AvgIpc) is 2.63. The van der Waals surface area contributed by atoms with Gasteiger partial charge in [-0.25, -0.2) is 4.98 Å². The molecular formula is C11H19N3OS. The maximum Gasteiger partial charge on any atom is 0.222 e. The average molecular weight is 241 g/mol. The van der Waals surface area contributed by atoms with Crippen molar-refractivity contribution in [2.45, 2.75) is 27.3 Å². The zero-order valence-electron chi connectivity index (χ0n) is 10.0. The molecule has 1 heterocycles. The first kappa shape index (κ1) is 13.1. The Bertz CT molecular complexity index is 336.